The number of carbonyl (C=O) groups is 1. The van der Waals surface area contributed by atoms with Gasteiger partial charge in [-0.2, -0.15) is 5.26 Å². The topological polar surface area (TPSA) is 61.1 Å². The van der Waals surface area contributed by atoms with Crippen LogP contribution in [0.5, 0.6) is 0 Å². The van der Waals surface area contributed by atoms with Crippen molar-refractivity contribution in [1.82, 2.24) is 0 Å². The van der Waals surface area contributed by atoms with Crippen LogP contribution in [-0.4, -0.2) is 11.1 Å². The van der Waals surface area contributed by atoms with E-state index in [0.717, 1.165) is 6.07 Å². The highest BCUT2D eigenvalue weighted by atomic mass is 19.3. The molecule has 1 aromatic carbocycles. The summed E-state index contributed by atoms with van der Waals surface area (Å²) >= 11 is 0. The van der Waals surface area contributed by atoms with Crippen molar-refractivity contribution < 1.29 is 18.7 Å². The molecule has 0 radical (unpaired) electrons. The molecule has 0 aliphatic heterocycles. The summed E-state index contributed by atoms with van der Waals surface area (Å²) in [5.41, 5.74) is 0.383. The van der Waals surface area contributed by atoms with Gasteiger partial charge in [-0.25, -0.2) is 8.78 Å². The molecule has 5 heteroatoms. The molecule has 0 saturated heterocycles. The Labute approximate surface area is 97.3 Å². The Morgan fingerprint density at radius 3 is 2.59 bits per heavy atom. The summed E-state index contributed by atoms with van der Waals surface area (Å²) in [6, 6.07) is 4.22. The molecule has 3 nitrogen and oxygen atoms in total. The summed E-state index contributed by atoms with van der Waals surface area (Å²) in [6.07, 6.45) is -2.64. The van der Waals surface area contributed by atoms with Crippen molar-refractivity contribution in [3.05, 3.63) is 34.4 Å². The largest absolute Gasteiger partial charge is 0.481 e. The minimum atomic E-state index is -2.73. The first-order valence-corrected chi connectivity index (χ1v) is 5.05. The van der Waals surface area contributed by atoms with Crippen LogP contribution in [0.2, 0.25) is 0 Å². The zero-order valence-corrected chi connectivity index (χ0v) is 9.20. The first-order valence-electron chi connectivity index (χ1n) is 5.05. The molecule has 0 amide bonds. The number of halogens is 2. The van der Waals surface area contributed by atoms with Gasteiger partial charge in [0.2, 0.25) is 0 Å². The molecule has 0 spiro atoms. The molecule has 17 heavy (non-hydrogen) atoms. The summed E-state index contributed by atoms with van der Waals surface area (Å²) in [6.45, 7) is 1.71. The second-order valence-electron chi connectivity index (χ2n) is 3.50. The summed E-state index contributed by atoms with van der Waals surface area (Å²) in [5, 5.41) is 17.6. The van der Waals surface area contributed by atoms with Crippen molar-refractivity contribution >= 4 is 5.97 Å². The number of aliphatic carboxylic acids is 1. The second-order valence-corrected chi connectivity index (χ2v) is 3.50. The van der Waals surface area contributed by atoms with Gasteiger partial charge in [0.05, 0.1) is 18.1 Å². The maximum Gasteiger partial charge on any atom is 0.307 e. The lowest BCUT2D eigenvalue weighted by atomic mass is 9.93. The standard InChI is InChI=1S/C12H11F2NO2/c1-2-8-7(5-11(16)17)3-4-9(12(13)14)10(8)6-15/h3-4,12H,2,5H2,1H3,(H,16,17). The molecule has 1 rings (SSSR count). The van der Waals surface area contributed by atoms with E-state index in [1.54, 1.807) is 13.0 Å². The monoisotopic (exact) mass is 239 g/mol. The van der Waals surface area contributed by atoms with E-state index in [0.29, 0.717) is 17.5 Å². The summed E-state index contributed by atoms with van der Waals surface area (Å²) in [7, 11) is 0. The lowest BCUT2D eigenvalue weighted by molar-refractivity contribution is -0.136. The molecule has 0 aliphatic carbocycles. The van der Waals surface area contributed by atoms with Crippen LogP contribution in [0.1, 0.15) is 35.6 Å². The van der Waals surface area contributed by atoms with Crippen LogP contribution in [-0.2, 0) is 17.6 Å². The van der Waals surface area contributed by atoms with E-state index in [-0.39, 0.29) is 17.5 Å². The molecule has 0 saturated carbocycles. The number of carboxylic acid groups (broad SMARTS) is 1. The van der Waals surface area contributed by atoms with E-state index in [9.17, 15) is 13.6 Å². The third-order valence-electron chi connectivity index (χ3n) is 2.48. The Bertz CT molecular complexity index is 478. The fourth-order valence-electron chi connectivity index (χ4n) is 1.76. The molecular weight excluding hydrogens is 228 g/mol. The normalized spacial score (nSPS) is 10.3. The van der Waals surface area contributed by atoms with Crippen molar-refractivity contribution in [2.24, 2.45) is 0 Å². The number of nitrogens with zero attached hydrogens (tertiary/aromatic N) is 1. The van der Waals surface area contributed by atoms with Crippen molar-refractivity contribution in [2.75, 3.05) is 0 Å². The van der Waals surface area contributed by atoms with Gasteiger partial charge in [-0.15, -0.1) is 0 Å². The van der Waals surface area contributed by atoms with Crippen molar-refractivity contribution in [3.63, 3.8) is 0 Å². The minimum absolute atomic E-state index is 0.0961. The average Bonchev–Trinajstić information content (AvgIpc) is 2.26. The quantitative estimate of drug-likeness (QED) is 0.878. The van der Waals surface area contributed by atoms with Crippen molar-refractivity contribution in [3.8, 4) is 6.07 Å². The van der Waals surface area contributed by atoms with Crippen LogP contribution in [0.25, 0.3) is 0 Å². The van der Waals surface area contributed by atoms with E-state index < -0.39 is 12.4 Å². The molecule has 1 N–H and O–H groups in total. The lowest BCUT2D eigenvalue weighted by Gasteiger charge is -2.11. The van der Waals surface area contributed by atoms with Crippen LogP contribution in [0.3, 0.4) is 0 Å². The molecule has 0 aliphatic rings. The predicted molar refractivity (Wildman–Crippen MR) is 56.8 cm³/mol. The van der Waals surface area contributed by atoms with Crippen LogP contribution in [0.4, 0.5) is 8.78 Å². The number of benzene rings is 1. The van der Waals surface area contributed by atoms with Crippen LogP contribution in [0, 0.1) is 11.3 Å². The third-order valence-corrected chi connectivity index (χ3v) is 2.48. The molecule has 1 aromatic rings. The molecule has 0 fully saturated rings. The van der Waals surface area contributed by atoms with Gasteiger partial charge < -0.3 is 5.11 Å². The zero-order chi connectivity index (χ0) is 13.0. The first kappa shape index (κ1) is 13.1. The van der Waals surface area contributed by atoms with E-state index in [1.165, 1.54) is 6.07 Å². The van der Waals surface area contributed by atoms with Gasteiger partial charge in [0.15, 0.2) is 0 Å². The number of hydrogen-bond donors (Lipinski definition) is 1. The molecular formula is C12H11F2NO2. The average molecular weight is 239 g/mol. The predicted octanol–water partition coefficient (Wildman–Crippen LogP) is 2.69. The number of nitriles is 1. The Morgan fingerprint density at radius 2 is 2.18 bits per heavy atom. The van der Waals surface area contributed by atoms with Crippen LogP contribution < -0.4 is 0 Å². The van der Waals surface area contributed by atoms with E-state index in [2.05, 4.69) is 0 Å². The maximum absolute atomic E-state index is 12.7. The van der Waals surface area contributed by atoms with E-state index in [1.807, 2.05) is 0 Å². The van der Waals surface area contributed by atoms with E-state index >= 15 is 0 Å². The van der Waals surface area contributed by atoms with Crippen LogP contribution in [0.15, 0.2) is 12.1 Å². The number of alkyl halides is 2. The molecule has 0 heterocycles. The first-order chi connectivity index (χ1) is 8.01. The smallest absolute Gasteiger partial charge is 0.307 e. The Morgan fingerprint density at radius 1 is 1.53 bits per heavy atom. The SMILES string of the molecule is CCc1c(CC(=O)O)ccc(C(F)F)c1C#N. The van der Waals surface area contributed by atoms with Crippen molar-refractivity contribution in [1.29, 1.82) is 5.26 Å². The summed E-state index contributed by atoms with van der Waals surface area (Å²) in [5.74, 6) is -1.05. The fourth-order valence-corrected chi connectivity index (χ4v) is 1.76. The van der Waals surface area contributed by atoms with Gasteiger partial charge in [-0.05, 0) is 17.5 Å². The van der Waals surface area contributed by atoms with Gasteiger partial charge in [0.25, 0.3) is 6.43 Å². The van der Waals surface area contributed by atoms with Gasteiger partial charge in [0, 0.05) is 5.56 Å². The highest BCUT2D eigenvalue weighted by molar-refractivity contribution is 5.71. The lowest BCUT2D eigenvalue weighted by Crippen LogP contribution is -2.07. The van der Waals surface area contributed by atoms with Crippen molar-refractivity contribution in [2.45, 2.75) is 26.2 Å². The Kier molecular flexibility index (Phi) is 4.16. The van der Waals surface area contributed by atoms with E-state index in [4.69, 9.17) is 10.4 Å². The number of rotatable bonds is 4. The summed E-state index contributed by atoms with van der Waals surface area (Å²) in [4.78, 5) is 10.6. The van der Waals surface area contributed by atoms with Crippen LogP contribution >= 0.6 is 0 Å². The van der Waals surface area contributed by atoms with Gasteiger partial charge >= 0.3 is 5.97 Å². The molecule has 0 bridgehead atoms. The highest BCUT2D eigenvalue weighted by Crippen LogP contribution is 2.27. The second kappa shape index (κ2) is 5.39. The fraction of sp³-hybridized carbons (Fsp3) is 0.333. The van der Waals surface area contributed by atoms with Gasteiger partial charge in [-0.3, -0.25) is 4.79 Å². The molecule has 0 aromatic heterocycles. The van der Waals surface area contributed by atoms with Gasteiger partial charge in [0.1, 0.15) is 0 Å². The molecule has 0 atom stereocenters. The molecule has 90 valence electrons. The highest BCUT2D eigenvalue weighted by Gasteiger charge is 2.19. The number of carboxylic acids is 1. The maximum atomic E-state index is 12.7. The Balaban J connectivity index is 3.38. The molecule has 0 unspecified atom stereocenters. The summed E-state index contributed by atoms with van der Waals surface area (Å²) < 4.78 is 25.3. The minimum Gasteiger partial charge on any atom is -0.481 e. The number of hydrogen-bond acceptors (Lipinski definition) is 2. The van der Waals surface area contributed by atoms with Gasteiger partial charge in [-0.1, -0.05) is 19.1 Å². The Hall–Kier alpha value is -1.96. The zero-order valence-electron chi connectivity index (χ0n) is 9.20. The third kappa shape index (κ3) is 2.78.